The van der Waals surface area contributed by atoms with Crippen LogP contribution in [0.5, 0.6) is 0 Å². The van der Waals surface area contributed by atoms with E-state index in [2.05, 4.69) is 0 Å². The van der Waals surface area contributed by atoms with Crippen LogP contribution in [0.2, 0.25) is 10.0 Å². The summed E-state index contributed by atoms with van der Waals surface area (Å²) in [5.41, 5.74) is 2.46. The van der Waals surface area contributed by atoms with Crippen LogP contribution in [0.3, 0.4) is 0 Å². The van der Waals surface area contributed by atoms with E-state index in [4.69, 9.17) is 34.8 Å². The van der Waals surface area contributed by atoms with Gasteiger partial charge in [0.15, 0.2) is 0 Å². The van der Waals surface area contributed by atoms with Crippen molar-refractivity contribution in [1.82, 2.24) is 0 Å². The normalized spacial score (nSPS) is 12.5. The molecule has 2 rings (SSSR count). The molecule has 0 heterocycles. The van der Waals surface area contributed by atoms with Crippen molar-refractivity contribution in [3.63, 3.8) is 0 Å². The summed E-state index contributed by atoms with van der Waals surface area (Å²) in [5, 5.41) is 0.463. The molecular weight excluding hydrogens is 294 g/mol. The highest BCUT2D eigenvalue weighted by atomic mass is 35.5. The Balaban J connectivity index is 2.44. The van der Waals surface area contributed by atoms with Crippen molar-refractivity contribution in [2.24, 2.45) is 0 Å². The lowest BCUT2D eigenvalue weighted by Crippen LogP contribution is -1.97. The third-order valence-corrected chi connectivity index (χ3v) is 3.98. The maximum atomic E-state index is 13.3. The van der Waals surface area contributed by atoms with Crippen LogP contribution in [-0.2, 0) is 0 Å². The van der Waals surface area contributed by atoms with Gasteiger partial charge in [-0.2, -0.15) is 0 Å². The van der Waals surface area contributed by atoms with E-state index >= 15 is 0 Å². The Hall–Kier alpha value is -0.760. The third kappa shape index (κ3) is 2.80. The fourth-order valence-corrected chi connectivity index (χ4v) is 2.41. The van der Waals surface area contributed by atoms with Crippen LogP contribution in [0.25, 0.3) is 0 Å². The summed E-state index contributed by atoms with van der Waals surface area (Å²) >= 11 is 18.2. The highest BCUT2D eigenvalue weighted by Crippen LogP contribution is 2.34. The van der Waals surface area contributed by atoms with Gasteiger partial charge in [0.2, 0.25) is 0 Å². The number of aryl methyl sites for hydroxylation is 1. The molecule has 0 bridgehead atoms. The Kier molecular flexibility index (Phi) is 4.16. The molecule has 0 nitrogen and oxygen atoms in total. The van der Waals surface area contributed by atoms with Crippen molar-refractivity contribution in [1.29, 1.82) is 0 Å². The molecule has 2 aromatic rings. The number of halogens is 4. The predicted octanol–water partition coefficient (Wildman–Crippen LogP) is 5.77. The lowest BCUT2D eigenvalue weighted by atomic mass is 10.00. The van der Waals surface area contributed by atoms with E-state index in [1.54, 1.807) is 24.3 Å². The van der Waals surface area contributed by atoms with Crippen LogP contribution in [0, 0.1) is 12.7 Å². The van der Waals surface area contributed by atoms with Gasteiger partial charge in [-0.3, -0.25) is 0 Å². The molecule has 1 atom stereocenters. The summed E-state index contributed by atoms with van der Waals surface area (Å²) in [4.78, 5) is 0. The molecule has 0 radical (unpaired) electrons. The zero-order valence-electron chi connectivity index (χ0n) is 9.55. The van der Waals surface area contributed by atoms with Crippen molar-refractivity contribution in [2.45, 2.75) is 12.3 Å². The molecule has 0 aliphatic carbocycles. The number of alkyl halides is 1. The lowest BCUT2D eigenvalue weighted by Gasteiger charge is -2.14. The lowest BCUT2D eigenvalue weighted by molar-refractivity contribution is 0.625. The maximum Gasteiger partial charge on any atom is 0.123 e. The van der Waals surface area contributed by atoms with E-state index in [0.717, 1.165) is 16.7 Å². The zero-order valence-corrected chi connectivity index (χ0v) is 11.8. The zero-order chi connectivity index (χ0) is 13.3. The molecule has 0 aliphatic heterocycles. The summed E-state index contributed by atoms with van der Waals surface area (Å²) < 4.78 is 13.3. The fourth-order valence-electron chi connectivity index (χ4n) is 1.73. The highest BCUT2D eigenvalue weighted by Gasteiger charge is 2.15. The average Bonchev–Trinajstić information content (AvgIpc) is 2.35. The standard InChI is InChI=1S/C14H10Cl3F/c1-8-2-4-10(18)7-11(8)14(17)9-3-5-12(15)13(16)6-9/h2-7,14H,1H3. The molecule has 0 amide bonds. The van der Waals surface area contributed by atoms with Gasteiger partial charge in [0.1, 0.15) is 5.82 Å². The minimum atomic E-state index is -0.449. The molecule has 2 aromatic carbocycles. The van der Waals surface area contributed by atoms with Gasteiger partial charge in [-0.1, -0.05) is 35.3 Å². The Labute approximate surface area is 120 Å². The van der Waals surface area contributed by atoms with Gasteiger partial charge in [0.25, 0.3) is 0 Å². The molecular formula is C14H10Cl3F. The fraction of sp³-hybridized carbons (Fsp3) is 0.143. The van der Waals surface area contributed by atoms with Crippen LogP contribution in [0.15, 0.2) is 36.4 Å². The highest BCUT2D eigenvalue weighted by molar-refractivity contribution is 6.42. The molecule has 0 N–H and O–H groups in total. The second-order valence-electron chi connectivity index (χ2n) is 4.04. The average molecular weight is 304 g/mol. The molecule has 0 aromatic heterocycles. The second kappa shape index (κ2) is 5.48. The van der Waals surface area contributed by atoms with Gasteiger partial charge < -0.3 is 0 Å². The number of hydrogen-bond acceptors (Lipinski definition) is 0. The molecule has 0 spiro atoms. The smallest absolute Gasteiger partial charge is 0.123 e. The minimum absolute atomic E-state index is 0.304. The largest absolute Gasteiger partial charge is 0.207 e. The van der Waals surface area contributed by atoms with Crippen LogP contribution >= 0.6 is 34.8 Å². The van der Waals surface area contributed by atoms with E-state index in [1.165, 1.54) is 12.1 Å². The van der Waals surface area contributed by atoms with Crippen molar-refractivity contribution < 1.29 is 4.39 Å². The molecule has 18 heavy (non-hydrogen) atoms. The van der Waals surface area contributed by atoms with E-state index < -0.39 is 5.38 Å². The van der Waals surface area contributed by atoms with Crippen LogP contribution in [-0.4, -0.2) is 0 Å². The van der Waals surface area contributed by atoms with Crippen LogP contribution in [0.1, 0.15) is 22.1 Å². The number of rotatable bonds is 2. The van der Waals surface area contributed by atoms with E-state index in [0.29, 0.717) is 10.0 Å². The van der Waals surface area contributed by atoms with E-state index in [1.807, 2.05) is 6.92 Å². The maximum absolute atomic E-state index is 13.3. The Bertz CT molecular complexity index is 581. The molecule has 0 aliphatic rings. The quantitative estimate of drug-likeness (QED) is 0.618. The summed E-state index contributed by atoms with van der Waals surface area (Å²) in [6, 6.07) is 9.73. The minimum Gasteiger partial charge on any atom is -0.207 e. The van der Waals surface area contributed by atoms with Crippen LogP contribution < -0.4 is 0 Å². The SMILES string of the molecule is Cc1ccc(F)cc1C(Cl)c1ccc(Cl)c(Cl)c1. The number of benzene rings is 2. The summed E-state index contributed by atoms with van der Waals surface area (Å²) in [6.07, 6.45) is 0. The van der Waals surface area contributed by atoms with Crippen molar-refractivity contribution in [3.8, 4) is 0 Å². The topological polar surface area (TPSA) is 0 Å². The Morgan fingerprint density at radius 3 is 2.39 bits per heavy atom. The van der Waals surface area contributed by atoms with Gasteiger partial charge in [-0.25, -0.2) is 4.39 Å². The monoisotopic (exact) mass is 302 g/mol. The van der Waals surface area contributed by atoms with Gasteiger partial charge in [-0.15, -0.1) is 11.6 Å². The first-order valence-electron chi connectivity index (χ1n) is 5.34. The predicted molar refractivity (Wildman–Crippen MR) is 75.3 cm³/mol. The van der Waals surface area contributed by atoms with Crippen molar-refractivity contribution >= 4 is 34.8 Å². The van der Waals surface area contributed by atoms with Gasteiger partial charge in [0.05, 0.1) is 15.4 Å². The summed E-state index contributed by atoms with van der Waals surface area (Å²) in [5.74, 6) is -0.304. The first-order valence-corrected chi connectivity index (χ1v) is 6.53. The summed E-state index contributed by atoms with van der Waals surface area (Å²) in [6.45, 7) is 1.89. The second-order valence-corrected chi connectivity index (χ2v) is 5.29. The van der Waals surface area contributed by atoms with Crippen LogP contribution in [0.4, 0.5) is 4.39 Å². The van der Waals surface area contributed by atoms with Crippen molar-refractivity contribution in [3.05, 3.63) is 69.0 Å². The summed E-state index contributed by atoms with van der Waals surface area (Å²) in [7, 11) is 0. The Morgan fingerprint density at radius 2 is 1.72 bits per heavy atom. The first kappa shape index (κ1) is 13.7. The van der Waals surface area contributed by atoms with E-state index in [9.17, 15) is 4.39 Å². The third-order valence-electron chi connectivity index (χ3n) is 2.75. The van der Waals surface area contributed by atoms with Gasteiger partial charge >= 0.3 is 0 Å². The molecule has 0 fully saturated rings. The number of hydrogen-bond donors (Lipinski definition) is 0. The molecule has 0 saturated carbocycles. The van der Waals surface area contributed by atoms with Gasteiger partial charge in [0, 0.05) is 0 Å². The Morgan fingerprint density at radius 1 is 1.00 bits per heavy atom. The molecule has 94 valence electrons. The first-order chi connectivity index (χ1) is 8.49. The molecule has 1 unspecified atom stereocenters. The molecule has 4 heteroatoms. The van der Waals surface area contributed by atoms with Gasteiger partial charge in [-0.05, 0) is 47.9 Å². The van der Waals surface area contributed by atoms with Crippen molar-refractivity contribution in [2.75, 3.05) is 0 Å². The van der Waals surface area contributed by atoms with E-state index in [-0.39, 0.29) is 5.82 Å². The molecule has 0 saturated heterocycles.